The molecule has 188 valence electrons. The molecule has 3 rings (SSSR count). The summed E-state index contributed by atoms with van der Waals surface area (Å²) in [5.41, 5.74) is 6.06. The van der Waals surface area contributed by atoms with Crippen molar-refractivity contribution in [3.05, 3.63) is 95.9 Å². The lowest BCUT2D eigenvalue weighted by Crippen LogP contribution is -2.31. The molecule has 6 nitrogen and oxygen atoms in total. The van der Waals surface area contributed by atoms with Gasteiger partial charge in [0.05, 0.1) is 18.4 Å². The number of pyridine rings is 1. The summed E-state index contributed by atoms with van der Waals surface area (Å²) < 4.78 is 4.80. The molecule has 0 aliphatic rings. The SMILES string of the molecule is C=C(C)N(/C(C)=C\CC)c1ncc(-c2ccc(C(C)(c3ccc(C(=O)OC)cn3)C(C)C)cc2)cn1. The zero-order valence-electron chi connectivity index (χ0n) is 22.4. The van der Waals surface area contributed by atoms with Crippen LogP contribution in [0, 0.1) is 5.92 Å². The highest BCUT2D eigenvalue weighted by molar-refractivity contribution is 5.88. The van der Waals surface area contributed by atoms with Crippen LogP contribution in [-0.2, 0) is 10.2 Å². The van der Waals surface area contributed by atoms with Crippen LogP contribution in [0.3, 0.4) is 0 Å². The Labute approximate surface area is 214 Å². The monoisotopic (exact) mass is 484 g/mol. The fourth-order valence-electron chi connectivity index (χ4n) is 4.33. The Hall–Kier alpha value is -3.80. The highest BCUT2D eigenvalue weighted by Crippen LogP contribution is 2.38. The fourth-order valence-corrected chi connectivity index (χ4v) is 4.33. The largest absolute Gasteiger partial charge is 0.465 e. The quantitative estimate of drug-likeness (QED) is 0.306. The van der Waals surface area contributed by atoms with E-state index in [2.05, 4.69) is 79.6 Å². The summed E-state index contributed by atoms with van der Waals surface area (Å²) in [4.78, 5) is 27.7. The van der Waals surface area contributed by atoms with Crippen LogP contribution in [-0.4, -0.2) is 28.0 Å². The number of esters is 1. The lowest BCUT2D eigenvalue weighted by atomic mass is 9.70. The van der Waals surface area contributed by atoms with Crippen LogP contribution < -0.4 is 4.90 Å². The zero-order chi connectivity index (χ0) is 26.5. The van der Waals surface area contributed by atoms with Gasteiger partial charge in [0.1, 0.15) is 0 Å². The van der Waals surface area contributed by atoms with E-state index in [4.69, 9.17) is 4.74 Å². The molecule has 1 unspecified atom stereocenters. The van der Waals surface area contributed by atoms with Crippen molar-refractivity contribution in [1.29, 1.82) is 0 Å². The molecule has 0 bridgehead atoms. The molecule has 0 N–H and O–H groups in total. The molecule has 0 radical (unpaired) electrons. The number of carbonyl (C=O) groups is 1. The van der Waals surface area contributed by atoms with Gasteiger partial charge in [-0.25, -0.2) is 14.8 Å². The maximum atomic E-state index is 11.8. The summed E-state index contributed by atoms with van der Waals surface area (Å²) in [5.74, 6) is 0.495. The molecule has 0 spiro atoms. The third-order valence-corrected chi connectivity index (χ3v) is 6.76. The normalized spacial score (nSPS) is 13.3. The maximum absolute atomic E-state index is 11.8. The van der Waals surface area contributed by atoms with E-state index in [1.54, 1.807) is 12.3 Å². The Bertz CT molecular complexity index is 1230. The second-order valence-electron chi connectivity index (χ2n) is 9.45. The van der Waals surface area contributed by atoms with Crippen LogP contribution in [0.15, 0.2) is 79.0 Å². The van der Waals surface area contributed by atoms with Gasteiger partial charge >= 0.3 is 5.97 Å². The highest BCUT2D eigenvalue weighted by atomic mass is 16.5. The lowest BCUT2D eigenvalue weighted by molar-refractivity contribution is 0.0600. The van der Waals surface area contributed by atoms with Crippen LogP contribution in [0.4, 0.5) is 5.95 Å². The van der Waals surface area contributed by atoms with Crippen molar-refractivity contribution in [3.8, 4) is 11.1 Å². The van der Waals surface area contributed by atoms with Gasteiger partial charge < -0.3 is 4.74 Å². The Morgan fingerprint density at radius 2 is 1.67 bits per heavy atom. The Balaban J connectivity index is 1.90. The van der Waals surface area contributed by atoms with E-state index in [9.17, 15) is 4.79 Å². The number of aromatic nitrogens is 3. The van der Waals surface area contributed by atoms with E-state index in [1.807, 2.05) is 37.2 Å². The fraction of sp³-hybridized carbons (Fsp3) is 0.333. The summed E-state index contributed by atoms with van der Waals surface area (Å²) in [6.45, 7) is 16.7. The Kier molecular flexibility index (Phi) is 8.41. The van der Waals surface area contributed by atoms with Crippen LogP contribution in [0.5, 0.6) is 0 Å². The number of hydrogen-bond donors (Lipinski definition) is 0. The molecule has 2 aromatic heterocycles. The van der Waals surface area contributed by atoms with Gasteiger partial charge in [-0.3, -0.25) is 9.88 Å². The molecule has 0 saturated heterocycles. The van der Waals surface area contributed by atoms with E-state index < -0.39 is 0 Å². The molecule has 1 atom stereocenters. The second-order valence-corrected chi connectivity index (χ2v) is 9.45. The number of allylic oxidation sites excluding steroid dienone is 3. The molecular formula is C30H36N4O2. The number of hydrogen-bond acceptors (Lipinski definition) is 6. The van der Waals surface area contributed by atoms with Gasteiger partial charge in [0.15, 0.2) is 0 Å². The maximum Gasteiger partial charge on any atom is 0.339 e. The zero-order valence-corrected chi connectivity index (χ0v) is 22.4. The minimum absolute atomic E-state index is 0.273. The number of benzene rings is 1. The number of anilines is 1. The summed E-state index contributed by atoms with van der Waals surface area (Å²) in [7, 11) is 1.37. The molecule has 3 aromatic rings. The molecule has 6 heteroatoms. The van der Waals surface area contributed by atoms with E-state index >= 15 is 0 Å². The first-order valence-corrected chi connectivity index (χ1v) is 12.2. The average Bonchev–Trinajstić information content (AvgIpc) is 2.88. The Morgan fingerprint density at radius 3 is 2.14 bits per heavy atom. The third kappa shape index (κ3) is 5.38. The van der Waals surface area contributed by atoms with E-state index in [0.717, 1.165) is 40.2 Å². The van der Waals surface area contributed by atoms with Crippen LogP contribution in [0.25, 0.3) is 11.1 Å². The first-order valence-electron chi connectivity index (χ1n) is 12.2. The summed E-state index contributed by atoms with van der Waals surface area (Å²) in [6.07, 6.45) is 8.34. The first kappa shape index (κ1) is 26.8. The smallest absolute Gasteiger partial charge is 0.339 e. The molecule has 0 fully saturated rings. The van der Waals surface area contributed by atoms with Gasteiger partial charge in [0.25, 0.3) is 0 Å². The van der Waals surface area contributed by atoms with Crippen molar-refractivity contribution in [3.63, 3.8) is 0 Å². The molecular weight excluding hydrogens is 448 g/mol. The molecule has 0 aliphatic carbocycles. The van der Waals surface area contributed by atoms with Crippen LogP contribution in [0.1, 0.15) is 69.6 Å². The minimum Gasteiger partial charge on any atom is -0.465 e. The van der Waals surface area contributed by atoms with Gasteiger partial charge in [0.2, 0.25) is 5.95 Å². The highest BCUT2D eigenvalue weighted by Gasteiger charge is 2.34. The van der Waals surface area contributed by atoms with Crippen molar-refractivity contribution in [1.82, 2.24) is 15.0 Å². The summed E-state index contributed by atoms with van der Waals surface area (Å²) in [5, 5.41) is 0. The van der Waals surface area contributed by atoms with Crippen molar-refractivity contribution >= 4 is 11.9 Å². The van der Waals surface area contributed by atoms with E-state index in [-0.39, 0.29) is 17.3 Å². The number of methoxy groups -OCH3 is 1. The van der Waals surface area contributed by atoms with Crippen LogP contribution in [0.2, 0.25) is 0 Å². The molecule has 0 aliphatic heterocycles. The summed E-state index contributed by atoms with van der Waals surface area (Å²) >= 11 is 0. The van der Waals surface area contributed by atoms with Gasteiger partial charge in [-0.2, -0.15) is 0 Å². The van der Waals surface area contributed by atoms with E-state index in [0.29, 0.717) is 11.5 Å². The van der Waals surface area contributed by atoms with Crippen molar-refractivity contribution in [2.24, 2.45) is 5.92 Å². The lowest BCUT2D eigenvalue weighted by Gasteiger charge is -2.34. The van der Waals surface area contributed by atoms with Gasteiger partial charge in [-0.1, -0.05) is 57.7 Å². The van der Waals surface area contributed by atoms with Gasteiger partial charge in [-0.15, -0.1) is 0 Å². The predicted molar refractivity (Wildman–Crippen MR) is 146 cm³/mol. The van der Waals surface area contributed by atoms with Crippen LogP contribution >= 0.6 is 0 Å². The average molecular weight is 485 g/mol. The van der Waals surface area contributed by atoms with Gasteiger partial charge in [-0.05, 0) is 56.4 Å². The second kappa shape index (κ2) is 11.3. The Morgan fingerprint density at radius 1 is 1.03 bits per heavy atom. The first-order chi connectivity index (χ1) is 17.1. The van der Waals surface area contributed by atoms with Crippen molar-refractivity contribution < 1.29 is 9.53 Å². The predicted octanol–water partition coefficient (Wildman–Crippen LogP) is 6.94. The number of rotatable bonds is 9. The molecule has 1 aromatic carbocycles. The van der Waals surface area contributed by atoms with Crippen molar-refractivity contribution in [2.45, 2.75) is 53.4 Å². The molecule has 2 heterocycles. The van der Waals surface area contributed by atoms with E-state index in [1.165, 1.54) is 7.11 Å². The third-order valence-electron chi connectivity index (χ3n) is 6.76. The molecule has 36 heavy (non-hydrogen) atoms. The number of ether oxygens (including phenoxy) is 1. The standard InChI is InChI=1S/C30H36N4O2/c1-9-10-22(6)34(21(4)5)29-32-18-25(19-33-29)23-11-14-26(15-12-23)30(7,20(2)3)27-16-13-24(17-31-27)28(35)36-8/h10-20H,4,9H2,1-3,5-8H3/b22-10-. The molecule has 0 saturated carbocycles. The topological polar surface area (TPSA) is 68.2 Å². The number of carbonyl (C=O) groups excluding carboxylic acids is 1. The number of nitrogens with zero attached hydrogens (tertiary/aromatic N) is 4. The van der Waals surface area contributed by atoms with Crippen molar-refractivity contribution in [2.75, 3.05) is 12.0 Å². The summed E-state index contributed by atoms with van der Waals surface area (Å²) in [6, 6.07) is 12.1. The molecule has 0 amide bonds. The minimum atomic E-state index is -0.388. The van der Waals surface area contributed by atoms with Gasteiger partial charge in [0, 0.05) is 41.0 Å².